The van der Waals surface area contributed by atoms with Crippen LogP contribution in [0.3, 0.4) is 0 Å². The van der Waals surface area contributed by atoms with Gasteiger partial charge in [-0.1, -0.05) is 50.3 Å². The van der Waals surface area contributed by atoms with Crippen LogP contribution in [0.1, 0.15) is 44.6 Å². The third-order valence-corrected chi connectivity index (χ3v) is 5.04. The summed E-state index contributed by atoms with van der Waals surface area (Å²) >= 11 is 6.08. The molecule has 2 heterocycles. The molecule has 0 N–H and O–H groups in total. The van der Waals surface area contributed by atoms with Gasteiger partial charge in [0.05, 0.1) is 5.02 Å². The summed E-state index contributed by atoms with van der Waals surface area (Å²) < 4.78 is 0. The molecule has 0 amide bonds. The molecule has 0 radical (unpaired) electrons. The van der Waals surface area contributed by atoms with Gasteiger partial charge in [0.15, 0.2) is 0 Å². The van der Waals surface area contributed by atoms with Crippen molar-refractivity contribution in [1.29, 1.82) is 0 Å². The van der Waals surface area contributed by atoms with Gasteiger partial charge in [-0.3, -0.25) is 9.88 Å². The molecule has 2 aliphatic rings. The van der Waals surface area contributed by atoms with Gasteiger partial charge >= 0.3 is 0 Å². The molecule has 114 valence electrons. The number of halogens is 1. The first-order valence-electron chi connectivity index (χ1n) is 8.24. The van der Waals surface area contributed by atoms with E-state index >= 15 is 0 Å². The minimum absolute atomic E-state index is 0.608. The second-order valence-corrected chi connectivity index (χ2v) is 7.17. The molecule has 1 aliphatic heterocycles. The zero-order valence-electron chi connectivity index (χ0n) is 12.9. The van der Waals surface area contributed by atoms with Crippen LogP contribution < -0.4 is 0 Å². The summed E-state index contributed by atoms with van der Waals surface area (Å²) in [4.78, 5) is 6.84. The van der Waals surface area contributed by atoms with Crippen molar-refractivity contribution in [3.63, 3.8) is 0 Å². The van der Waals surface area contributed by atoms with Gasteiger partial charge in [-0.2, -0.15) is 0 Å². The molecular weight excluding hydrogens is 280 g/mol. The first-order valence-corrected chi connectivity index (χ1v) is 8.62. The summed E-state index contributed by atoms with van der Waals surface area (Å²) in [6.45, 7) is 5.77. The fraction of sp³-hybridized carbons (Fsp3) is 0.611. The smallest absolute Gasteiger partial charge is 0.0595 e. The van der Waals surface area contributed by atoms with E-state index in [0.717, 1.165) is 17.5 Å². The van der Waals surface area contributed by atoms with Gasteiger partial charge in [-0.15, -0.1) is 0 Å². The predicted molar refractivity (Wildman–Crippen MR) is 89.4 cm³/mol. The first kappa shape index (κ1) is 15.1. The molecule has 2 nitrogen and oxygen atoms in total. The van der Waals surface area contributed by atoms with Crippen molar-refractivity contribution >= 4 is 17.2 Å². The third kappa shape index (κ3) is 4.08. The number of pyridine rings is 1. The molecule has 1 fully saturated rings. The third-order valence-electron chi connectivity index (χ3n) is 4.83. The average molecular weight is 305 g/mol. The van der Waals surface area contributed by atoms with Gasteiger partial charge in [0.1, 0.15) is 0 Å². The van der Waals surface area contributed by atoms with E-state index in [2.05, 4.69) is 22.9 Å². The molecule has 3 rings (SSSR count). The van der Waals surface area contributed by atoms with E-state index in [1.54, 1.807) is 6.20 Å². The summed E-state index contributed by atoms with van der Waals surface area (Å²) in [6, 6.07) is 2.04. The normalized spacial score (nSPS) is 24.3. The highest BCUT2D eigenvalue weighted by molar-refractivity contribution is 6.30. The summed E-state index contributed by atoms with van der Waals surface area (Å²) in [7, 11) is 0. The van der Waals surface area contributed by atoms with E-state index in [9.17, 15) is 0 Å². The van der Waals surface area contributed by atoms with Crippen molar-refractivity contribution in [2.75, 3.05) is 19.6 Å². The van der Waals surface area contributed by atoms with Crippen LogP contribution in [0.2, 0.25) is 5.02 Å². The van der Waals surface area contributed by atoms with Crippen LogP contribution in [0.25, 0.3) is 5.57 Å². The van der Waals surface area contributed by atoms with Crippen LogP contribution in [-0.4, -0.2) is 29.5 Å². The molecule has 21 heavy (non-hydrogen) atoms. The Labute approximate surface area is 133 Å². The quantitative estimate of drug-likeness (QED) is 0.805. The molecular formula is C18H25ClN2. The van der Waals surface area contributed by atoms with Crippen LogP contribution in [0.4, 0.5) is 0 Å². The van der Waals surface area contributed by atoms with E-state index < -0.39 is 0 Å². The lowest BCUT2D eigenvalue weighted by atomic mass is 9.96. The van der Waals surface area contributed by atoms with Crippen LogP contribution in [-0.2, 0) is 0 Å². The molecule has 0 saturated heterocycles. The number of aromatic nitrogens is 1. The van der Waals surface area contributed by atoms with Crippen molar-refractivity contribution in [3.8, 4) is 0 Å². The van der Waals surface area contributed by atoms with Crippen molar-refractivity contribution in [3.05, 3.63) is 35.1 Å². The summed E-state index contributed by atoms with van der Waals surface area (Å²) in [5.41, 5.74) is 2.56. The lowest BCUT2D eigenvalue weighted by Gasteiger charge is -2.31. The maximum absolute atomic E-state index is 6.08. The first-order chi connectivity index (χ1) is 10.2. The Morgan fingerprint density at radius 3 is 2.86 bits per heavy atom. The number of nitrogens with zero attached hydrogens (tertiary/aromatic N) is 2. The van der Waals surface area contributed by atoms with Crippen molar-refractivity contribution in [2.45, 2.75) is 39.0 Å². The van der Waals surface area contributed by atoms with Gasteiger partial charge in [-0.25, -0.2) is 0 Å². The zero-order chi connectivity index (χ0) is 14.7. The van der Waals surface area contributed by atoms with E-state index in [1.165, 1.54) is 56.3 Å². The Bertz CT molecular complexity index is 506. The summed E-state index contributed by atoms with van der Waals surface area (Å²) in [5.74, 6) is 1.58. The second-order valence-electron chi connectivity index (χ2n) is 6.74. The Balaban J connectivity index is 1.62. The molecule has 1 aromatic rings. The fourth-order valence-corrected chi connectivity index (χ4v) is 3.94. The lowest BCUT2D eigenvalue weighted by molar-refractivity contribution is 0.251. The molecule has 0 bridgehead atoms. The molecule has 1 aromatic heterocycles. The van der Waals surface area contributed by atoms with E-state index in [1.807, 2.05) is 12.3 Å². The summed E-state index contributed by atoms with van der Waals surface area (Å²) in [5, 5.41) is 0.726. The van der Waals surface area contributed by atoms with Gasteiger partial charge in [-0.05, 0) is 42.0 Å². The van der Waals surface area contributed by atoms with Crippen molar-refractivity contribution in [1.82, 2.24) is 9.88 Å². The number of hydrogen-bond donors (Lipinski definition) is 0. The van der Waals surface area contributed by atoms with E-state index in [-0.39, 0.29) is 0 Å². The highest BCUT2D eigenvalue weighted by Gasteiger charge is 2.21. The predicted octanol–water partition coefficient (Wildman–Crippen LogP) is 4.65. The van der Waals surface area contributed by atoms with Crippen molar-refractivity contribution in [2.24, 2.45) is 11.8 Å². The van der Waals surface area contributed by atoms with Crippen LogP contribution >= 0.6 is 11.6 Å². The highest BCUT2D eigenvalue weighted by atomic mass is 35.5. The molecule has 3 heteroatoms. The largest absolute Gasteiger partial charge is 0.298 e. The van der Waals surface area contributed by atoms with Crippen LogP contribution in [0, 0.1) is 11.8 Å². The molecule has 1 atom stereocenters. The minimum Gasteiger partial charge on any atom is -0.298 e. The molecule has 1 unspecified atom stereocenters. The summed E-state index contributed by atoms with van der Waals surface area (Å²) in [6.07, 6.45) is 13.2. The number of hydrogen-bond acceptors (Lipinski definition) is 2. The van der Waals surface area contributed by atoms with Crippen LogP contribution in [0.15, 0.2) is 24.5 Å². The molecule has 0 aromatic carbocycles. The van der Waals surface area contributed by atoms with Crippen molar-refractivity contribution < 1.29 is 0 Å². The Hall–Kier alpha value is -0.860. The highest BCUT2D eigenvalue weighted by Crippen LogP contribution is 2.29. The second kappa shape index (κ2) is 6.93. The SMILES string of the molecule is CC1C=C(c2cncc(Cl)c2)CN(CCC2CCCC2)C1. The van der Waals surface area contributed by atoms with Gasteiger partial charge < -0.3 is 0 Å². The number of rotatable bonds is 4. The molecule has 1 saturated carbocycles. The van der Waals surface area contributed by atoms with Gasteiger partial charge in [0.25, 0.3) is 0 Å². The van der Waals surface area contributed by atoms with E-state index in [4.69, 9.17) is 11.6 Å². The average Bonchev–Trinajstić information content (AvgIpc) is 2.98. The maximum atomic E-state index is 6.08. The Morgan fingerprint density at radius 1 is 1.29 bits per heavy atom. The monoisotopic (exact) mass is 304 g/mol. The lowest BCUT2D eigenvalue weighted by Crippen LogP contribution is -2.34. The topological polar surface area (TPSA) is 16.1 Å². The fourth-order valence-electron chi connectivity index (χ4n) is 3.77. The molecule has 0 spiro atoms. The maximum Gasteiger partial charge on any atom is 0.0595 e. The van der Waals surface area contributed by atoms with Crippen LogP contribution in [0.5, 0.6) is 0 Å². The molecule has 1 aliphatic carbocycles. The van der Waals surface area contributed by atoms with Gasteiger partial charge in [0, 0.05) is 25.5 Å². The van der Waals surface area contributed by atoms with E-state index in [0.29, 0.717) is 5.92 Å². The minimum atomic E-state index is 0.608. The van der Waals surface area contributed by atoms with Gasteiger partial charge in [0.2, 0.25) is 0 Å². The zero-order valence-corrected chi connectivity index (χ0v) is 13.6. The Morgan fingerprint density at radius 2 is 2.10 bits per heavy atom. The standard InChI is InChI=1S/C18H25ClN2/c1-14-8-17(16-9-18(19)11-20-10-16)13-21(12-14)7-6-15-4-2-3-5-15/h8-11,14-15H,2-7,12-13H2,1H3. The Kier molecular flexibility index (Phi) is 4.97.